The molecule has 0 aromatic heterocycles. The van der Waals surface area contributed by atoms with Crippen LogP contribution in [0.25, 0.3) is 0 Å². The van der Waals surface area contributed by atoms with E-state index >= 15 is 0 Å². The zero-order valence-corrected chi connectivity index (χ0v) is 8.15. The lowest BCUT2D eigenvalue weighted by Gasteiger charge is -2.45. The van der Waals surface area contributed by atoms with Gasteiger partial charge in [-0.2, -0.15) is 11.8 Å². The van der Waals surface area contributed by atoms with Crippen LogP contribution >= 0.6 is 11.8 Å². The molecule has 2 fully saturated rings. The molecule has 13 heavy (non-hydrogen) atoms. The third kappa shape index (κ3) is 1.71. The van der Waals surface area contributed by atoms with Crippen molar-refractivity contribution in [3.63, 3.8) is 0 Å². The SMILES string of the molecule is O[C@@H]1[C@H](O)[C@@H](O)CN2CCSC[C@H]12. The Kier molecular flexibility index (Phi) is 2.80. The minimum atomic E-state index is -0.972. The van der Waals surface area contributed by atoms with Crippen LogP contribution in [-0.4, -0.2) is 69.2 Å². The Morgan fingerprint density at radius 3 is 2.69 bits per heavy atom. The van der Waals surface area contributed by atoms with Gasteiger partial charge in [-0.15, -0.1) is 0 Å². The molecule has 2 aliphatic rings. The highest BCUT2D eigenvalue weighted by atomic mass is 32.2. The fraction of sp³-hybridized carbons (Fsp3) is 1.00. The van der Waals surface area contributed by atoms with Crippen molar-refractivity contribution in [3.8, 4) is 0 Å². The maximum absolute atomic E-state index is 9.68. The molecule has 0 spiro atoms. The Hall–Kier alpha value is 0.190. The van der Waals surface area contributed by atoms with Gasteiger partial charge < -0.3 is 15.3 Å². The van der Waals surface area contributed by atoms with Crippen LogP contribution in [0, 0.1) is 0 Å². The van der Waals surface area contributed by atoms with E-state index in [1.807, 2.05) is 0 Å². The average Bonchev–Trinajstić information content (AvgIpc) is 2.15. The van der Waals surface area contributed by atoms with Gasteiger partial charge in [-0.1, -0.05) is 0 Å². The summed E-state index contributed by atoms with van der Waals surface area (Å²) in [6.45, 7) is 1.39. The second-order valence-corrected chi connectivity index (χ2v) is 4.84. The fourth-order valence-corrected chi connectivity index (χ4v) is 3.18. The molecule has 0 saturated carbocycles. The molecule has 3 N–H and O–H groups in total. The van der Waals surface area contributed by atoms with Crippen LogP contribution in [0.3, 0.4) is 0 Å². The van der Waals surface area contributed by atoms with Gasteiger partial charge in [0.15, 0.2) is 0 Å². The predicted molar refractivity (Wildman–Crippen MR) is 50.7 cm³/mol. The monoisotopic (exact) mass is 205 g/mol. The van der Waals surface area contributed by atoms with Crippen molar-refractivity contribution >= 4 is 11.8 Å². The summed E-state index contributed by atoms with van der Waals surface area (Å²) in [6, 6.07) is 0.0251. The summed E-state index contributed by atoms with van der Waals surface area (Å²) in [4.78, 5) is 2.07. The maximum Gasteiger partial charge on any atom is 0.109 e. The summed E-state index contributed by atoms with van der Waals surface area (Å²) >= 11 is 1.79. The minimum absolute atomic E-state index is 0.0251. The number of thioether (sulfide) groups is 1. The molecule has 2 saturated heterocycles. The van der Waals surface area contributed by atoms with E-state index in [0.29, 0.717) is 6.54 Å². The fourth-order valence-electron chi connectivity index (χ4n) is 2.00. The largest absolute Gasteiger partial charge is 0.389 e. The number of rotatable bonds is 0. The highest BCUT2D eigenvalue weighted by Gasteiger charge is 2.42. The predicted octanol–water partition coefficient (Wildman–Crippen LogP) is -1.50. The second kappa shape index (κ2) is 3.74. The quantitative estimate of drug-likeness (QED) is 0.449. The van der Waals surface area contributed by atoms with Crippen molar-refractivity contribution in [2.75, 3.05) is 24.6 Å². The zero-order valence-electron chi connectivity index (χ0n) is 7.33. The molecule has 2 rings (SSSR count). The lowest BCUT2D eigenvalue weighted by atomic mass is 9.95. The van der Waals surface area contributed by atoms with Crippen LogP contribution in [0.1, 0.15) is 0 Å². The summed E-state index contributed by atoms with van der Waals surface area (Å²) in [7, 11) is 0. The van der Waals surface area contributed by atoms with Crippen molar-refractivity contribution in [3.05, 3.63) is 0 Å². The summed E-state index contributed by atoms with van der Waals surface area (Å²) < 4.78 is 0. The first-order valence-corrected chi connectivity index (χ1v) is 5.71. The van der Waals surface area contributed by atoms with E-state index in [1.54, 1.807) is 11.8 Å². The second-order valence-electron chi connectivity index (χ2n) is 3.69. The van der Waals surface area contributed by atoms with Gasteiger partial charge >= 0.3 is 0 Å². The van der Waals surface area contributed by atoms with E-state index in [1.165, 1.54) is 0 Å². The molecular formula is C8H15NO3S. The smallest absolute Gasteiger partial charge is 0.109 e. The van der Waals surface area contributed by atoms with Gasteiger partial charge in [0.1, 0.15) is 6.10 Å². The van der Waals surface area contributed by atoms with Crippen molar-refractivity contribution in [1.82, 2.24) is 4.90 Å². The third-order valence-electron chi connectivity index (χ3n) is 2.84. The molecule has 0 aromatic carbocycles. The third-order valence-corrected chi connectivity index (χ3v) is 3.89. The Labute approximate surface area is 81.5 Å². The van der Waals surface area contributed by atoms with Crippen LogP contribution < -0.4 is 0 Å². The van der Waals surface area contributed by atoms with Gasteiger partial charge in [-0.25, -0.2) is 0 Å². The molecule has 2 heterocycles. The topological polar surface area (TPSA) is 63.9 Å². The molecule has 0 aliphatic carbocycles. The first kappa shape index (κ1) is 9.73. The lowest BCUT2D eigenvalue weighted by Crippen LogP contribution is -2.63. The normalized spacial score (nSPS) is 47.3. The summed E-state index contributed by atoms with van der Waals surface area (Å²) in [5, 5.41) is 28.6. The van der Waals surface area contributed by atoms with Gasteiger partial charge in [0, 0.05) is 30.6 Å². The number of aliphatic hydroxyl groups is 3. The first-order chi connectivity index (χ1) is 6.20. The average molecular weight is 205 g/mol. The Bertz CT molecular complexity index is 190. The molecule has 5 heteroatoms. The summed E-state index contributed by atoms with van der Waals surface area (Å²) in [6.07, 6.45) is -2.56. The van der Waals surface area contributed by atoms with Crippen LogP contribution in [0.2, 0.25) is 0 Å². The number of fused-ring (bicyclic) bond motifs is 1. The van der Waals surface area contributed by atoms with E-state index in [4.69, 9.17) is 0 Å². The van der Waals surface area contributed by atoms with Gasteiger partial charge in [-0.3, -0.25) is 4.90 Å². The molecule has 76 valence electrons. The van der Waals surface area contributed by atoms with Crippen molar-refractivity contribution in [2.24, 2.45) is 0 Å². The van der Waals surface area contributed by atoms with Gasteiger partial charge in [0.2, 0.25) is 0 Å². The van der Waals surface area contributed by atoms with Crippen molar-refractivity contribution in [2.45, 2.75) is 24.4 Å². The lowest BCUT2D eigenvalue weighted by molar-refractivity contribution is -0.131. The molecule has 0 radical (unpaired) electrons. The molecule has 4 nitrogen and oxygen atoms in total. The molecule has 0 amide bonds. The Morgan fingerprint density at radius 1 is 1.15 bits per heavy atom. The van der Waals surface area contributed by atoms with E-state index < -0.39 is 18.3 Å². The standard InChI is InChI=1S/C8H15NO3S/c10-6-3-9-1-2-13-4-5(9)7(11)8(6)12/h5-8,10-12H,1-4H2/t5-,6+,7+,8-/m1/s1. The number of aliphatic hydroxyl groups excluding tert-OH is 3. The molecule has 4 atom stereocenters. The highest BCUT2D eigenvalue weighted by molar-refractivity contribution is 7.99. The van der Waals surface area contributed by atoms with Crippen molar-refractivity contribution in [1.29, 1.82) is 0 Å². The van der Waals surface area contributed by atoms with E-state index in [9.17, 15) is 15.3 Å². The van der Waals surface area contributed by atoms with Crippen LogP contribution in [-0.2, 0) is 0 Å². The molecule has 2 aliphatic heterocycles. The summed E-state index contributed by atoms with van der Waals surface area (Å²) in [5.41, 5.74) is 0. The number of piperidine rings is 1. The number of hydrogen-bond acceptors (Lipinski definition) is 5. The molecule has 0 bridgehead atoms. The van der Waals surface area contributed by atoms with Gasteiger partial charge in [-0.05, 0) is 0 Å². The van der Waals surface area contributed by atoms with E-state index in [-0.39, 0.29) is 6.04 Å². The van der Waals surface area contributed by atoms with Crippen LogP contribution in [0.5, 0.6) is 0 Å². The molecular weight excluding hydrogens is 190 g/mol. The highest BCUT2D eigenvalue weighted by Crippen LogP contribution is 2.25. The molecule has 0 unspecified atom stereocenters. The van der Waals surface area contributed by atoms with Gasteiger partial charge in [0.05, 0.1) is 12.2 Å². The maximum atomic E-state index is 9.68. The Balaban J connectivity index is 2.08. The first-order valence-electron chi connectivity index (χ1n) is 4.56. The minimum Gasteiger partial charge on any atom is -0.389 e. The van der Waals surface area contributed by atoms with Crippen molar-refractivity contribution < 1.29 is 15.3 Å². The van der Waals surface area contributed by atoms with E-state index in [0.717, 1.165) is 18.1 Å². The number of nitrogens with zero attached hydrogens (tertiary/aromatic N) is 1. The van der Waals surface area contributed by atoms with E-state index in [2.05, 4.69) is 4.90 Å². The van der Waals surface area contributed by atoms with Crippen LogP contribution in [0.4, 0.5) is 0 Å². The summed E-state index contributed by atoms with van der Waals surface area (Å²) in [5.74, 6) is 1.90. The Morgan fingerprint density at radius 2 is 1.92 bits per heavy atom. The zero-order chi connectivity index (χ0) is 9.42. The van der Waals surface area contributed by atoms with Crippen LogP contribution in [0.15, 0.2) is 0 Å². The number of hydrogen-bond donors (Lipinski definition) is 3. The van der Waals surface area contributed by atoms with Gasteiger partial charge in [0.25, 0.3) is 0 Å². The molecule has 0 aromatic rings.